The molecule has 0 radical (unpaired) electrons. The lowest BCUT2D eigenvalue weighted by atomic mass is 10.1. The standard InChI is InChI=1S/C24H16BrFN2O3S2/c25-18-8-11-20(31-14-15-6-9-19(26)10-7-15)17(12-18)13-21-23(30)28(24(32)33-21)27-22(29)16-4-2-1-3-5-16/h1-13H,14H2,(H,27,29)/b21-13-. The van der Waals surface area contributed by atoms with Gasteiger partial charge in [-0.2, -0.15) is 5.01 Å². The van der Waals surface area contributed by atoms with E-state index in [1.165, 1.54) is 12.1 Å². The average Bonchev–Trinajstić information content (AvgIpc) is 3.07. The minimum Gasteiger partial charge on any atom is -0.488 e. The molecule has 0 unspecified atom stereocenters. The molecule has 0 aromatic heterocycles. The molecule has 1 aliphatic heterocycles. The van der Waals surface area contributed by atoms with Crippen LogP contribution in [0.5, 0.6) is 5.75 Å². The van der Waals surface area contributed by atoms with Gasteiger partial charge in [0.2, 0.25) is 0 Å². The van der Waals surface area contributed by atoms with Gasteiger partial charge in [-0.05, 0) is 66.3 Å². The van der Waals surface area contributed by atoms with Crippen molar-refractivity contribution in [2.75, 3.05) is 0 Å². The summed E-state index contributed by atoms with van der Waals surface area (Å²) in [6.07, 6.45) is 1.67. The molecular formula is C24H16BrFN2O3S2. The third-order valence-electron chi connectivity index (χ3n) is 4.61. The number of hydrogen-bond donors (Lipinski definition) is 1. The van der Waals surface area contributed by atoms with Gasteiger partial charge in [0.15, 0.2) is 4.32 Å². The molecule has 4 rings (SSSR count). The first-order valence-corrected chi connectivity index (χ1v) is 11.7. The Hall–Kier alpha value is -3.01. The Morgan fingerprint density at radius 2 is 1.85 bits per heavy atom. The van der Waals surface area contributed by atoms with Gasteiger partial charge in [-0.25, -0.2) is 4.39 Å². The maximum Gasteiger partial charge on any atom is 0.285 e. The van der Waals surface area contributed by atoms with E-state index < -0.39 is 11.8 Å². The van der Waals surface area contributed by atoms with Crippen LogP contribution in [0.3, 0.4) is 0 Å². The van der Waals surface area contributed by atoms with Crippen LogP contribution in [0.4, 0.5) is 4.39 Å². The third kappa shape index (κ3) is 5.68. The fraction of sp³-hybridized carbons (Fsp3) is 0.0417. The highest BCUT2D eigenvalue weighted by Gasteiger charge is 2.34. The summed E-state index contributed by atoms with van der Waals surface area (Å²) < 4.78 is 20.1. The van der Waals surface area contributed by atoms with Gasteiger partial charge in [0.05, 0.1) is 4.91 Å². The van der Waals surface area contributed by atoms with Crippen molar-refractivity contribution in [1.82, 2.24) is 10.4 Å². The van der Waals surface area contributed by atoms with Crippen LogP contribution >= 0.6 is 39.9 Å². The Kier molecular flexibility index (Phi) is 7.22. The summed E-state index contributed by atoms with van der Waals surface area (Å²) >= 11 is 9.83. The van der Waals surface area contributed by atoms with Crippen molar-refractivity contribution < 1.29 is 18.7 Å². The summed E-state index contributed by atoms with van der Waals surface area (Å²) in [5.74, 6) is -0.636. The summed E-state index contributed by atoms with van der Waals surface area (Å²) in [6, 6.07) is 20.0. The van der Waals surface area contributed by atoms with Crippen molar-refractivity contribution in [2.24, 2.45) is 0 Å². The first-order chi connectivity index (χ1) is 15.9. The fourth-order valence-corrected chi connectivity index (χ4v) is 4.52. The SMILES string of the molecule is O=C(NN1C(=O)/C(=C/c2cc(Br)ccc2OCc2ccc(F)cc2)SC1=S)c1ccccc1. The number of nitrogens with zero attached hydrogens (tertiary/aromatic N) is 1. The zero-order chi connectivity index (χ0) is 23.4. The highest BCUT2D eigenvalue weighted by molar-refractivity contribution is 9.10. The van der Waals surface area contributed by atoms with E-state index in [4.69, 9.17) is 17.0 Å². The number of nitrogens with one attached hydrogen (secondary N) is 1. The van der Waals surface area contributed by atoms with Crippen LogP contribution in [0.2, 0.25) is 0 Å². The Bertz CT molecular complexity index is 1250. The van der Waals surface area contributed by atoms with E-state index in [-0.39, 0.29) is 16.7 Å². The van der Waals surface area contributed by atoms with Crippen molar-refractivity contribution in [3.05, 3.63) is 105 Å². The first kappa shape index (κ1) is 23.2. The van der Waals surface area contributed by atoms with Crippen molar-refractivity contribution in [2.45, 2.75) is 6.61 Å². The molecule has 0 bridgehead atoms. The molecule has 1 saturated heterocycles. The van der Waals surface area contributed by atoms with Gasteiger partial charge < -0.3 is 4.74 Å². The number of hydrazine groups is 1. The summed E-state index contributed by atoms with van der Waals surface area (Å²) in [7, 11) is 0. The van der Waals surface area contributed by atoms with Crippen LogP contribution in [0, 0.1) is 5.82 Å². The first-order valence-electron chi connectivity index (χ1n) is 9.71. The molecule has 33 heavy (non-hydrogen) atoms. The second kappa shape index (κ2) is 10.3. The van der Waals surface area contributed by atoms with Crippen molar-refractivity contribution in [1.29, 1.82) is 0 Å². The number of thiocarbonyl (C=S) groups is 1. The van der Waals surface area contributed by atoms with Crippen LogP contribution in [0.15, 0.2) is 82.2 Å². The largest absolute Gasteiger partial charge is 0.488 e. The van der Waals surface area contributed by atoms with Crippen molar-refractivity contribution in [3.8, 4) is 5.75 Å². The number of carbonyl (C=O) groups is 2. The number of ether oxygens (including phenoxy) is 1. The molecule has 0 spiro atoms. The number of carbonyl (C=O) groups excluding carboxylic acids is 2. The minimum atomic E-state index is -0.432. The van der Waals surface area contributed by atoms with Crippen LogP contribution in [-0.2, 0) is 11.4 Å². The van der Waals surface area contributed by atoms with Gasteiger partial charge in [-0.15, -0.1) is 0 Å². The molecule has 1 N–H and O–H groups in total. The van der Waals surface area contributed by atoms with Gasteiger partial charge in [0.1, 0.15) is 18.2 Å². The van der Waals surface area contributed by atoms with Gasteiger partial charge in [-0.3, -0.25) is 15.0 Å². The van der Waals surface area contributed by atoms with Crippen molar-refractivity contribution >= 4 is 62.1 Å². The van der Waals surface area contributed by atoms with Crippen LogP contribution in [0.25, 0.3) is 6.08 Å². The predicted molar refractivity (Wildman–Crippen MR) is 134 cm³/mol. The predicted octanol–water partition coefficient (Wildman–Crippen LogP) is 5.71. The van der Waals surface area contributed by atoms with Crippen LogP contribution in [-0.4, -0.2) is 21.1 Å². The zero-order valence-corrected chi connectivity index (χ0v) is 20.2. The molecule has 0 atom stereocenters. The van der Waals surface area contributed by atoms with E-state index in [1.807, 2.05) is 12.1 Å². The van der Waals surface area contributed by atoms with E-state index in [0.717, 1.165) is 26.8 Å². The molecule has 0 saturated carbocycles. The van der Waals surface area contributed by atoms with Crippen LogP contribution in [0.1, 0.15) is 21.5 Å². The summed E-state index contributed by atoms with van der Waals surface area (Å²) in [5.41, 5.74) is 4.43. The Labute approximate surface area is 207 Å². The number of halogens is 2. The lowest BCUT2D eigenvalue weighted by molar-refractivity contribution is -0.123. The quantitative estimate of drug-likeness (QED) is 0.319. The second-order valence-electron chi connectivity index (χ2n) is 6.92. The fourth-order valence-electron chi connectivity index (χ4n) is 2.97. The highest BCUT2D eigenvalue weighted by atomic mass is 79.9. The molecule has 166 valence electrons. The number of amides is 2. The highest BCUT2D eigenvalue weighted by Crippen LogP contribution is 2.34. The molecule has 1 heterocycles. The molecule has 9 heteroatoms. The lowest BCUT2D eigenvalue weighted by Crippen LogP contribution is -2.44. The van der Waals surface area contributed by atoms with Gasteiger partial charge >= 0.3 is 0 Å². The number of benzene rings is 3. The smallest absolute Gasteiger partial charge is 0.285 e. The number of hydrogen-bond acceptors (Lipinski definition) is 5. The lowest BCUT2D eigenvalue weighted by Gasteiger charge is -2.15. The number of rotatable bonds is 6. The van der Waals surface area contributed by atoms with Gasteiger partial charge in [-0.1, -0.05) is 58.0 Å². The minimum absolute atomic E-state index is 0.222. The molecule has 1 fully saturated rings. The van der Waals surface area contributed by atoms with E-state index in [2.05, 4.69) is 21.4 Å². The summed E-state index contributed by atoms with van der Waals surface area (Å²) in [4.78, 5) is 25.7. The second-order valence-corrected chi connectivity index (χ2v) is 9.51. The number of thioether (sulfide) groups is 1. The summed E-state index contributed by atoms with van der Waals surface area (Å²) in [5, 5.41) is 1.07. The molecule has 3 aromatic carbocycles. The van der Waals surface area contributed by atoms with E-state index in [1.54, 1.807) is 54.6 Å². The normalized spacial score (nSPS) is 14.6. The monoisotopic (exact) mass is 542 g/mol. The Morgan fingerprint density at radius 1 is 1.12 bits per heavy atom. The Balaban J connectivity index is 1.52. The Morgan fingerprint density at radius 3 is 2.58 bits per heavy atom. The maximum absolute atomic E-state index is 13.1. The molecule has 1 aliphatic rings. The topological polar surface area (TPSA) is 58.6 Å². The zero-order valence-electron chi connectivity index (χ0n) is 17.0. The third-order valence-corrected chi connectivity index (χ3v) is 6.40. The molecule has 2 amide bonds. The van der Waals surface area contributed by atoms with E-state index in [0.29, 0.717) is 21.8 Å². The maximum atomic E-state index is 13.1. The summed E-state index contributed by atoms with van der Waals surface area (Å²) in [6.45, 7) is 0.233. The molecular weight excluding hydrogens is 527 g/mol. The molecule has 0 aliphatic carbocycles. The average molecular weight is 543 g/mol. The molecule has 5 nitrogen and oxygen atoms in total. The van der Waals surface area contributed by atoms with E-state index >= 15 is 0 Å². The van der Waals surface area contributed by atoms with Crippen molar-refractivity contribution in [3.63, 3.8) is 0 Å². The van der Waals surface area contributed by atoms with Gasteiger partial charge in [0, 0.05) is 15.6 Å². The van der Waals surface area contributed by atoms with Gasteiger partial charge in [0.25, 0.3) is 11.8 Å². The van der Waals surface area contributed by atoms with Crippen LogP contribution < -0.4 is 10.2 Å². The molecule has 3 aromatic rings. The van der Waals surface area contributed by atoms with E-state index in [9.17, 15) is 14.0 Å².